The van der Waals surface area contributed by atoms with E-state index in [1.807, 2.05) is 13.8 Å². The number of rotatable bonds is 2. The van der Waals surface area contributed by atoms with E-state index in [-0.39, 0.29) is 0 Å². The minimum absolute atomic E-state index is 0.428. The van der Waals surface area contributed by atoms with Crippen molar-refractivity contribution >= 4 is 0 Å². The first-order valence-corrected chi connectivity index (χ1v) is 4.21. The van der Waals surface area contributed by atoms with Gasteiger partial charge in [0.2, 0.25) is 0 Å². The Kier molecular flexibility index (Phi) is 5.97. The van der Waals surface area contributed by atoms with Crippen molar-refractivity contribution in [2.24, 2.45) is 0 Å². The summed E-state index contributed by atoms with van der Waals surface area (Å²) >= 11 is 0. The number of aryl methyl sites for hydroxylation is 1. The number of nitrogens with zero attached hydrogens (tertiary/aromatic N) is 2. The lowest BCUT2D eigenvalue weighted by Crippen LogP contribution is -1.92. The highest BCUT2D eigenvalue weighted by atomic mass is 16.5. The topological polar surface area (TPSA) is 35.0 Å². The Morgan fingerprint density at radius 1 is 1.25 bits per heavy atom. The number of hydrogen-bond acceptors (Lipinski definition) is 3. The summed E-state index contributed by atoms with van der Waals surface area (Å²) in [5.74, 6) is 0. The van der Waals surface area contributed by atoms with Crippen molar-refractivity contribution in [3.63, 3.8) is 0 Å². The highest BCUT2D eigenvalue weighted by molar-refractivity contribution is 5.06. The maximum absolute atomic E-state index is 4.79. The van der Waals surface area contributed by atoms with Crippen LogP contribution in [0, 0.1) is 0 Å². The van der Waals surface area contributed by atoms with Crippen LogP contribution < -0.4 is 4.74 Å². The van der Waals surface area contributed by atoms with Crippen LogP contribution in [0.1, 0.15) is 26.3 Å². The molecule has 0 fully saturated rings. The second-order valence-electron chi connectivity index (χ2n) is 1.93. The summed E-state index contributed by atoms with van der Waals surface area (Å²) in [6.07, 6.45) is 4.50. The third kappa shape index (κ3) is 3.32. The molecule has 68 valence electrons. The third-order valence-electron chi connectivity index (χ3n) is 1.27. The number of hydrogen-bond donors (Lipinski definition) is 0. The van der Waals surface area contributed by atoms with E-state index in [4.69, 9.17) is 4.74 Å². The SMILES string of the molecule is CC.CCc1cnc(OC)nc1. The Morgan fingerprint density at radius 3 is 2.08 bits per heavy atom. The maximum Gasteiger partial charge on any atom is 0.316 e. The largest absolute Gasteiger partial charge is 0.467 e. The van der Waals surface area contributed by atoms with Crippen LogP contribution in [0.15, 0.2) is 12.4 Å². The van der Waals surface area contributed by atoms with E-state index in [2.05, 4.69) is 16.9 Å². The van der Waals surface area contributed by atoms with E-state index in [0.717, 1.165) is 12.0 Å². The van der Waals surface area contributed by atoms with Crippen molar-refractivity contribution in [3.8, 4) is 6.01 Å². The molecular weight excluding hydrogens is 152 g/mol. The lowest BCUT2D eigenvalue weighted by Gasteiger charge is -1.96. The van der Waals surface area contributed by atoms with E-state index in [9.17, 15) is 0 Å². The van der Waals surface area contributed by atoms with Gasteiger partial charge in [0.05, 0.1) is 7.11 Å². The molecule has 1 aromatic rings. The molecule has 0 amide bonds. The minimum Gasteiger partial charge on any atom is -0.467 e. The molecule has 1 rings (SSSR count). The van der Waals surface area contributed by atoms with E-state index >= 15 is 0 Å². The van der Waals surface area contributed by atoms with Crippen molar-refractivity contribution in [2.45, 2.75) is 27.2 Å². The molecule has 0 radical (unpaired) electrons. The van der Waals surface area contributed by atoms with Crippen LogP contribution in [0.4, 0.5) is 0 Å². The summed E-state index contributed by atoms with van der Waals surface area (Å²) < 4.78 is 4.79. The fraction of sp³-hybridized carbons (Fsp3) is 0.556. The summed E-state index contributed by atoms with van der Waals surface area (Å²) in [4.78, 5) is 7.87. The van der Waals surface area contributed by atoms with Crippen LogP contribution >= 0.6 is 0 Å². The third-order valence-corrected chi connectivity index (χ3v) is 1.27. The predicted octanol–water partition coefficient (Wildman–Crippen LogP) is 2.07. The van der Waals surface area contributed by atoms with Crippen LogP contribution in [-0.2, 0) is 6.42 Å². The summed E-state index contributed by atoms with van der Waals surface area (Å²) in [6.45, 7) is 6.06. The smallest absolute Gasteiger partial charge is 0.316 e. The molecule has 12 heavy (non-hydrogen) atoms. The van der Waals surface area contributed by atoms with Crippen LogP contribution in [-0.4, -0.2) is 17.1 Å². The fourth-order valence-corrected chi connectivity index (χ4v) is 0.631. The van der Waals surface area contributed by atoms with Crippen LogP contribution in [0.3, 0.4) is 0 Å². The van der Waals surface area contributed by atoms with Crippen molar-refractivity contribution in [1.82, 2.24) is 9.97 Å². The van der Waals surface area contributed by atoms with Crippen molar-refractivity contribution < 1.29 is 4.74 Å². The number of methoxy groups -OCH3 is 1. The van der Waals surface area contributed by atoms with E-state index in [0.29, 0.717) is 6.01 Å². The van der Waals surface area contributed by atoms with Gasteiger partial charge in [-0.2, -0.15) is 0 Å². The molecule has 1 aromatic heterocycles. The van der Waals surface area contributed by atoms with Gasteiger partial charge < -0.3 is 4.74 Å². The predicted molar refractivity (Wildman–Crippen MR) is 49.3 cm³/mol. The second kappa shape index (κ2) is 6.58. The average Bonchev–Trinajstić information content (AvgIpc) is 2.21. The van der Waals surface area contributed by atoms with Gasteiger partial charge in [-0.1, -0.05) is 20.8 Å². The van der Waals surface area contributed by atoms with Gasteiger partial charge in [0.25, 0.3) is 0 Å². The molecule has 0 aliphatic heterocycles. The van der Waals surface area contributed by atoms with E-state index in [1.165, 1.54) is 0 Å². The van der Waals surface area contributed by atoms with Crippen LogP contribution in [0.25, 0.3) is 0 Å². The van der Waals surface area contributed by atoms with E-state index in [1.54, 1.807) is 19.5 Å². The normalized spacial score (nSPS) is 8.33. The fourth-order valence-electron chi connectivity index (χ4n) is 0.631. The van der Waals surface area contributed by atoms with Gasteiger partial charge in [0.15, 0.2) is 0 Å². The summed E-state index contributed by atoms with van der Waals surface area (Å²) in [5.41, 5.74) is 1.13. The Bertz CT molecular complexity index is 173. The first kappa shape index (κ1) is 10.9. The zero-order valence-corrected chi connectivity index (χ0v) is 8.16. The maximum atomic E-state index is 4.79. The molecule has 0 N–H and O–H groups in total. The molecule has 3 heteroatoms. The van der Waals surface area contributed by atoms with Gasteiger partial charge >= 0.3 is 6.01 Å². The monoisotopic (exact) mass is 168 g/mol. The standard InChI is InChI=1S/C7H10N2O.C2H6/c1-3-6-4-8-7(10-2)9-5-6;1-2/h4-5H,3H2,1-2H3;1-2H3. The Morgan fingerprint density at radius 2 is 1.75 bits per heavy atom. The summed E-state index contributed by atoms with van der Waals surface area (Å²) in [7, 11) is 1.56. The molecule has 0 spiro atoms. The molecule has 3 nitrogen and oxygen atoms in total. The molecule has 1 heterocycles. The lowest BCUT2D eigenvalue weighted by molar-refractivity contribution is 0.379. The Balaban J connectivity index is 0.000000561. The van der Waals surface area contributed by atoms with E-state index < -0.39 is 0 Å². The molecule has 0 unspecified atom stereocenters. The lowest BCUT2D eigenvalue weighted by atomic mass is 10.3. The molecule has 0 saturated carbocycles. The number of ether oxygens (including phenoxy) is 1. The minimum atomic E-state index is 0.428. The van der Waals surface area contributed by atoms with Crippen molar-refractivity contribution in [3.05, 3.63) is 18.0 Å². The molecule has 0 atom stereocenters. The average molecular weight is 168 g/mol. The van der Waals surface area contributed by atoms with Gasteiger partial charge in [0.1, 0.15) is 0 Å². The van der Waals surface area contributed by atoms with Gasteiger partial charge in [-0.05, 0) is 12.0 Å². The second-order valence-corrected chi connectivity index (χ2v) is 1.93. The highest BCUT2D eigenvalue weighted by Crippen LogP contribution is 2.00. The molecule has 0 aliphatic carbocycles. The first-order valence-electron chi connectivity index (χ1n) is 4.21. The van der Waals surface area contributed by atoms with Gasteiger partial charge in [-0.15, -0.1) is 0 Å². The van der Waals surface area contributed by atoms with Crippen molar-refractivity contribution in [2.75, 3.05) is 7.11 Å². The van der Waals surface area contributed by atoms with Crippen molar-refractivity contribution in [1.29, 1.82) is 0 Å². The zero-order valence-electron chi connectivity index (χ0n) is 8.16. The van der Waals surface area contributed by atoms with Crippen LogP contribution in [0.5, 0.6) is 6.01 Å². The Hall–Kier alpha value is -1.12. The summed E-state index contributed by atoms with van der Waals surface area (Å²) in [5, 5.41) is 0. The van der Waals surface area contributed by atoms with Gasteiger partial charge in [-0.3, -0.25) is 0 Å². The molecule has 0 saturated heterocycles. The first-order chi connectivity index (χ1) is 5.86. The molecule has 0 aliphatic rings. The van der Waals surface area contributed by atoms with Crippen LogP contribution in [0.2, 0.25) is 0 Å². The summed E-state index contributed by atoms with van der Waals surface area (Å²) in [6, 6.07) is 0.428. The zero-order chi connectivity index (χ0) is 9.40. The highest BCUT2D eigenvalue weighted by Gasteiger charge is 1.92. The number of aromatic nitrogens is 2. The Labute approximate surface area is 73.8 Å². The van der Waals surface area contributed by atoms with Gasteiger partial charge in [-0.25, -0.2) is 9.97 Å². The molecular formula is C9H16N2O. The molecule has 0 bridgehead atoms. The molecule has 0 aromatic carbocycles. The van der Waals surface area contributed by atoms with Gasteiger partial charge in [0, 0.05) is 12.4 Å². The quantitative estimate of drug-likeness (QED) is 0.678.